The van der Waals surface area contributed by atoms with E-state index < -0.39 is 12.6 Å². The summed E-state index contributed by atoms with van der Waals surface area (Å²) in [6.07, 6.45) is 0.360. The Bertz CT molecular complexity index is 842. The number of esters is 1. The van der Waals surface area contributed by atoms with Gasteiger partial charge in [-0.2, -0.15) is 0 Å². The van der Waals surface area contributed by atoms with Crippen LogP contribution in [-0.2, 0) is 14.3 Å². The van der Waals surface area contributed by atoms with Crippen molar-refractivity contribution in [2.45, 2.75) is 20.3 Å². The van der Waals surface area contributed by atoms with Crippen molar-refractivity contribution >= 4 is 40.6 Å². The van der Waals surface area contributed by atoms with Gasteiger partial charge in [0.05, 0.1) is 4.88 Å². The highest BCUT2D eigenvalue weighted by Crippen LogP contribution is 2.14. The van der Waals surface area contributed by atoms with Crippen LogP contribution in [-0.4, -0.2) is 36.7 Å². The molecule has 1 heterocycles. The summed E-state index contributed by atoms with van der Waals surface area (Å²) in [5.41, 5.74) is 0.942. The number of nitrogens with one attached hydrogen (secondary N) is 2. The summed E-state index contributed by atoms with van der Waals surface area (Å²) in [4.78, 5) is 48.4. The lowest BCUT2D eigenvalue weighted by Gasteiger charge is -2.07. The standard InChI is InChI=1S/C19H20N2O5S/c1-3-17(23)21-14-7-5-13(6-8-14)15(22)11-26-18(24)10-20-19(25)16-9-4-12(2)27-16/h4-9H,3,10-11H2,1-2H3,(H,20,25)(H,21,23). The molecule has 2 aromatic rings. The number of anilines is 1. The lowest BCUT2D eigenvalue weighted by molar-refractivity contribution is -0.141. The van der Waals surface area contributed by atoms with E-state index in [-0.39, 0.29) is 24.1 Å². The largest absolute Gasteiger partial charge is 0.456 e. The van der Waals surface area contributed by atoms with E-state index in [0.717, 1.165) is 4.88 Å². The van der Waals surface area contributed by atoms with Crippen molar-refractivity contribution in [3.63, 3.8) is 0 Å². The van der Waals surface area contributed by atoms with E-state index in [4.69, 9.17) is 4.74 Å². The quantitative estimate of drug-likeness (QED) is 0.535. The van der Waals surface area contributed by atoms with Gasteiger partial charge in [0.2, 0.25) is 5.91 Å². The van der Waals surface area contributed by atoms with Gasteiger partial charge in [0.1, 0.15) is 6.54 Å². The van der Waals surface area contributed by atoms with Crippen LogP contribution >= 0.6 is 11.3 Å². The van der Waals surface area contributed by atoms with Crippen molar-refractivity contribution in [3.8, 4) is 0 Å². The molecule has 0 atom stereocenters. The second kappa shape index (κ2) is 9.63. The van der Waals surface area contributed by atoms with Gasteiger partial charge in [-0.05, 0) is 43.3 Å². The fourth-order valence-electron chi connectivity index (χ4n) is 2.07. The molecule has 0 bridgehead atoms. The summed E-state index contributed by atoms with van der Waals surface area (Å²) < 4.78 is 4.89. The fraction of sp³-hybridized carbons (Fsp3) is 0.263. The molecule has 0 aliphatic heterocycles. The van der Waals surface area contributed by atoms with Crippen molar-refractivity contribution in [1.29, 1.82) is 0 Å². The summed E-state index contributed by atoms with van der Waals surface area (Å²) in [6.45, 7) is 2.88. The van der Waals surface area contributed by atoms with E-state index in [1.807, 2.05) is 13.0 Å². The number of carbonyl (C=O) groups excluding carboxylic acids is 4. The van der Waals surface area contributed by atoms with Gasteiger partial charge in [-0.25, -0.2) is 0 Å². The number of thiophene rings is 1. The van der Waals surface area contributed by atoms with Gasteiger partial charge in [0.25, 0.3) is 5.91 Å². The number of aryl methyl sites for hydroxylation is 1. The lowest BCUT2D eigenvalue weighted by atomic mass is 10.1. The first kappa shape index (κ1) is 20.3. The Balaban J connectivity index is 1.76. The van der Waals surface area contributed by atoms with E-state index in [0.29, 0.717) is 22.5 Å². The molecule has 27 heavy (non-hydrogen) atoms. The van der Waals surface area contributed by atoms with Crippen LogP contribution in [0.1, 0.15) is 38.3 Å². The molecule has 0 spiro atoms. The molecule has 1 aromatic carbocycles. The van der Waals surface area contributed by atoms with Crippen LogP contribution < -0.4 is 10.6 Å². The second-order valence-electron chi connectivity index (χ2n) is 5.66. The summed E-state index contributed by atoms with van der Waals surface area (Å²) in [5, 5.41) is 5.13. The molecule has 2 amide bonds. The predicted octanol–water partition coefficient (Wildman–Crippen LogP) is 2.56. The maximum absolute atomic E-state index is 12.1. The molecule has 0 aliphatic carbocycles. The first-order valence-electron chi connectivity index (χ1n) is 8.32. The Morgan fingerprint density at radius 2 is 1.74 bits per heavy atom. The summed E-state index contributed by atoms with van der Waals surface area (Å²) in [6, 6.07) is 9.79. The Morgan fingerprint density at radius 1 is 1.04 bits per heavy atom. The summed E-state index contributed by atoms with van der Waals surface area (Å²) in [5.74, 6) is -1.56. The van der Waals surface area contributed by atoms with Crippen LogP contribution in [0.2, 0.25) is 0 Å². The zero-order chi connectivity index (χ0) is 19.8. The normalized spacial score (nSPS) is 10.1. The van der Waals surface area contributed by atoms with Gasteiger partial charge in [-0.3, -0.25) is 19.2 Å². The van der Waals surface area contributed by atoms with Crippen molar-refractivity contribution in [2.75, 3.05) is 18.5 Å². The average molecular weight is 388 g/mol. The van der Waals surface area contributed by atoms with Crippen LogP contribution in [0.3, 0.4) is 0 Å². The highest BCUT2D eigenvalue weighted by atomic mass is 32.1. The molecule has 0 aliphatic rings. The Kier molecular flexibility index (Phi) is 7.25. The number of hydrogen-bond donors (Lipinski definition) is 2. The zero-order valence-electron chi connectivity index (χ0n) is 15.0. The molecule has 0 saturated carbocycles. The van der Waals surface area contributed by atoms with E-state index in [2.05, 4.69) is 10.6 Å². The van der Waals surface area contributed by atoms with E-state index in [1.54, 1.807) is 37.3 Å². The maximum atomic E-state index is 12.1. The van der Waals surface area contributed by atoms with Crippen LogP contribution in [0.25, 0.3) is 0 Å². The minimum atomic E-state index is -0.697. The first-order valence-corrected chi connectivity index (χ1v) is 9.14. The van der Waals surface area contributed by atoms with Crippen molar-refractivity contribution in [1.82, 2.24) is 5.32 Å². The molecular formula is C19H20N2O5S. The van der Waals surface area contributed by atoms with Crippen LogP contribution in [0.4, 0.5) is 5.69 Å². The van der Waals surface area contributed by atoms with Crippen LogP contribution in [0.5, 0.6) is 0 Å². The molecule has 8 heteroatoms. The molecule has 0 saturated heterocycles. The average Bonchev–Trinajstić information content (AvgIpc) is 3.11. The minimum absolute atomic E-state index is 0.122. The van der Waals surface area contributed by atoms with Crippen LogP contribution in [0, 0.1) is 6.92 Å². The third-order valence-corrected chi connectivity index (χ3v) is 4.53. The van der Waals surface area contributed by atoms with Crippen molar-refractivity contribution in [3.05, 3.63) is 51.7 Å². The number of ether oxygens (including phenoxy) is 1. The van der Waals surface area contributed by atoms with Gasteiger partial charge in [-0.15, -0.1) is 11.3 Å². The van der Waals surface area contributed by atoms with E-state index in [9.17, 15) is 19.2 Å². The Labute approximate surface area is 160 Å². The SMILES string of the molecule is CCC(=O)Nc1ccc(C(=O)COC(=O)CNC(=O)c2ccc(C)s2)cc1. The minimum Gasteiger partial charge on any atom is -0.456 e. The molecular weight excluding hydrogens is 368 g/mol. The fourth-order valence-corrected chi connectivity index (χ4v) is 2.85. The molecule has 2 rings (SSSR count). The number of amides is 2. The summed E-state index contributed by atoms with van der Waals surface area (Å²) in [7, 11) is 0. The number of benzene rings is 1. The van der Waals surface area contributed by atoms with Gasteiger partial charge in [0, 0.05) is 22.5 Å². The molecule has 0 radical (unpaired) electrons. The molecule has 2 N–H and O–H groups in total. The van der Waals surface area contributed by atoms with E-state index in [1.165, 1.54) is 11.3 Å². The van der Waals surface area contributed by atoms with Gasteiger partial charge in [0.15, 0.2) is 12.4 Å². The topological polar surface area (TPSA) is 102 Å². The van der Waals surface area contributed by atoms with Crippen molar-refractivity contribution in [2.24, 2.45) is 0 Å². The van der Waals surface area contributed by atoms with Gasteiger partial charge >= 0.3 is 5.97 Å². The second-order valence-corrected chi connectivity index (χ2v) is 6.94. The Morgan fingerprint density at radius 3 is 2.33 bits per heavy atom. The number of hydrogen-bond acceptors (Lipinski definition) is 6. The number of Topliss-reactive ketones (excluding diaryl/α,β-unsaturated/α-hetero) is 1. The lowest BCUT2D eigenvalue weighted by Crippen LogP contribution is -2.31. The zero-order valence-corrected chi connectivity index (χ0v) is 15.9. The predicted molar refractivity (Wildman–Crippen MR) is 102 cm³/mol. The van der Waals surface area contributed by atoms with Crippen LogP contribution in [0.15, 0.2) is 36.4 Å². The molecule has 0 fully saturated rings. The summed E-state index contributed by atoms with van der Waals surface area (Å²) >= 11 is 1.32. The highest BCUT2D eigenvalue weighted by molar-refractivity contribution is 7.13. The number of rotatable bonds is 8. The molecule has 142 valence electrons. The maximum Gasteiger partial charge on any atom is 0.325 e. The molecule has 0 unspecified atom stereocenters. The Hall–Kier alpha value is -3.00. The smallest absolute Gasteiger partial charge is 0.325 e. The van der Waals surface area contributed by atoms with E-state index >= 15 is 0 Å². The third-order valence-electron chi connectivity index (χ3n) is 3.53. The van der Waals surface area contributed by atoms with Gasteiger partial charge < -0.3 is 15.4 Å². The number of carbonyl (C=O) groups is 4. The monoisotopic (exact) mass is 388 g/mol. The van der Waals surface area contributed by atoms with Gasteiger partial charge in [-0.1, -0.05) is 6.92 Å². The first-order chi connectivity index (χ1) is 12.9. The highest BCUT2D eigenvalue weighted by Gasteiger charge is 2.13. The van der Waals surface area contributed by atoms with Crippen molar-refractivity contribution < 1.29 is 23.9 Å². The molecule has 1 aromatic heterocycles. The number of ketones is 1. The molecule has 7 nitrogen and oxygen atoms in total. The third kappa shape index (κ3) is 6.34.